The first-order chi connectivity index (χ1) is 14.1. The minimum absolute atomic E-state index is 0.0585. The average Bonchev–Trinajstić information content (AvgIpc) is 2.76. The van der Waals surface area contributed by atoms with Crippen molar-refractivity contribution in [2.24, 2.45) is 0 Å². The Hall–Kier alpha value is -3.18. The molecule has 5 heteroatoms. The van der Waals surface area contributed by atoms with E-state index in [1.54, 1.807) is 0 Å². The van der Waals surface area contributed by atoms with Crippen molar-refractivity contribution >= 4 is 34.1 Å². The Morgan fingerprint density at radius 1 is 0.862 bits per heavy atom. The molecule has 0 aliphatic heterocycles. The fourth-order valence-electron chi connectivity index (χ4n) is 3.08. The summed E-state index contributed by atoms with van der Waals surface area (Å²) in [5.41, 5.74) is 3.83. The van der Waals surface area contributed by atoms with Crippen LogP contribution in [0.15, 0.2) is 83.9 Å². The van der Waals surface area contributed by atoms with Gasteiger partial charge in [0.1, 0.15) is 10.7 Å². The summed E-state index contributed by atoms with van der Waals surface area (Å²) in [4.78, 5) is 12.6. The third-order valence-electron chi connectivity index (χ3n) is 4.68. The van der Waals surface area contributed by atoms with E-state index in [1.807, 2.05) is 92.7 Å². The Morgan fingerprint density at radius 3 is 2.24 bits per heavy atom. The van der Waals surface area contributed by atoms with E-state index in [0.717, 1.165) is 38.3 Å². The fraction of sp³-hybridized carbons (Fsp3) is 0.125. The maximum Gasteiger partial charge on any atom is 0.237 e. The quantitative estimate of drug-likeness (QED) is 0.436. The summed E-state index contributed by atoms with van der Waals surface area (Å²) in [6, 6.07) is 25.9. The fourth-order valence-corrected chi connectivity index (χ4v) is 3.97. The molecule has 1 aromatic heterocycles. The van der Waals surface area contributed by atoms with Crippen LogP contribution in [0.3, 0.4) is 0 Å². The number of nitrogens with one attached hydrogen (secondary N) is 1. The summed E-state index contributed by atoms with van der Waals surface area (Å²) in [6.07, 6.45) is 0. The van der Waals surface area contributed by atoms with Gasteiger partial charge in [-0.1, -0.05) is 84.1 Å². The van der Waals surface area contributed by atoms with Gasteiger partial charge < -0.3 is 5.32 Å². The molecule has 0 spiro atoms. The van der Waals surface area contributed by atoms with Crippen molar-refractivity contribution in [3.63, 3.8) is 0 Å². The van der Waals surface area contributed by atoms with Gasteiger partial charge in [0.25, 0.3) is 0 Å². The monoisotopic (exact) mass is 399 g/mol. The molecule has 0 radical (unpaired) electrons. The maximum atomic E-state index is 12.6. The maximum absolute atomic E-state index is 12.6. The van der Waals surface area contributed by atoms with E-state index in [2.05, 4.69) is 15.5 Å². The number of amides is 1. The second kappa shape index (κ2) is 8.45. The summed E-state index contributed by atoms with van der Waals surface area (Å²) < 4.78 is 0. The van der Waals surface area contributed by atoms with Gasteiger partial charge in [0, 0.05) is 22.0 Å². The number of hydrogen-bond acceptors (Lipinski definition) is 4. The van der Waals surface area contributed by atoms with Crippen molar-refractivity contribution in [1.29, 1.82) is 0 Å². The highest BCUT2D eigenvalue weighted by atomic mass is 32.2. The van der Waals surface area contributed by atoms with E-state index in [-0.39, 0.29) is 11.2 Å². The zero-order valence-corrected chi connectivity index (χ0v) is 17.1. The van der Waals surface area contributed by atoms with Crippen LogP contribution in [0, 0.1) is 6.92 Å². The molecule has 144 valence electrons. The average molecular weight is 400 g/mol. The molecule has 4 aromatic rings. The third-order valence-corrected chi connectivity index (χ3v) is 5.77. The van der Waals surface area contributed by atoms with Crippen molar-refractivity contribution in [1.82, 2.24) is 10.2 Å². The van der Waals surface area contributed by atoms with E-state index in [9.17, 15) is 4.79 Å². The van der Waals surface area contributed by atoms with Crippen LogP contribution in [0.2, 0.25) is 0 Å². The van der Waals surface area contributed by atoms with Crippen molar-refractivity contribution in [3.05, 3.63) is 84.4 Å². The predicted octanol–water partition coefficient (Wildman–Crippen LogP) is 5.72. The first-order valence-electron chi connectivity index (χ1n) is 9.47. The summed E-state index contributed by atoms with van der Waals surface area (Å²) in [5, 5.41) is 14.4. The van der Waals surface area contributed by atoms with Gasteiger partial charge in [0.15, 0.2) is 0 Å². The summed E-state index contributed by atoms with van der Waals surface area (Å²) >= 11 is 1.42. The number of carbonyl (C=O) groups excluding carboxylic acids is 1. The molecule has 0 aliphatic rings. The van der Waals surface area contributed by atoms with E-state index in [1.165, 1.54) is 11.8 Å². The zero-order valence-electron chi connectivity index (χ0n) is 16.3. The molecular weight excluding hydrogens is 378 g/mol. The Labute approximate surface area is 174 Å². The number of nitrogens with zero attached hydrogens (tertiary/aromatic N) is 2. The lowest BCUT2D eigenvalue weighted by atomic mass is 10.1. The second-order valence-corrected chi connectivity index (χ2v) is 8.21. The van der Waals surface area contributed by atoms with Crippen molar-refractivity contribution < 1.29 is 4.79 Å². The number of benzene rings is 3. The van der Waals surface area contributed by atoms with Crippen LogP contribution in [-0.2, 0) is 4.79 Å². The van der Waals surface area contributed by atoms with Gasteiger partial charge in [-0.3, -0.25) is 4.79 Å². The molecule has 1 amide bonds. The molecule has 0 fully saturated rings. The molecule has 0 unspecified atom stereocenters. The molecule has 0 saturated heterocycles. The van der Waals surface area contributed by atoms with Gasteiger partial charge in [-0.2, -0.15) is 0 Å². The number of fused-ring (bicyclic) bond motifs is 1. The Bertz CT molecular complexity index is 1140. The molecule has 1 atom stereocenters. The summed E-state index contributed by atoms with van der Waals surface area (Å²) in [7, 11) is 0. The first kappa shape index (κ1) is 19.2. The lowest BCUT2D eigenvalue weighted by molar-refractivity contribution is -0.115. The number of aryl methyl sites for hydroxylation is 1. The minimum Gasteiger partial charge on any atom is -0.325 e. The number of anilines is 1. The van der Waals surface area contributed by atoms with Crippen LogP contribution < -0.4 is 5.32 Å². The summed E-state index contributed by atoms with van der Waals surface area (Å²) in [5.74, 6) is -0.0585. The number of rotatable bonds is 5. The molecule has 1 heterocycles. The SMILES string of the molecule is Cc1ccc(NC(=O)[C@H](C)Sc2nnc(-c3ccccc3)c3ccccc23)cc1. The molecule has 0 saturated carbocycles. The second-order valence-electron chi connectivity index (χ2n) is 6.88. The molecule has 29 heavy (non-hydrogen) atoms. The molecule has 1 N–H and O–H groups in total. The Kier molecular flexibility index (Phi) is 5.58. The number of thioether (sulfide) groups is 1. The van der Waals surface area contributed by atoms with Gasteiger partial charge in [0.2, 0.25) is 5.91 Å². The van der Waals surface area contributed by atoms with Crippen LogP contribution in [0.4, 0.5) is 5.69 Å². The van der Waals surface area contributed by atoms with Gasteiger partial charge in [-0.25, -0.2) is 0 Å². The topological polar surface area (TPSA) is 54.9 Å². The first-order valence-corrected chi connectivity index (χ1v) is 10.3. The lowest BCUT2D eigenvalue weighted by Gasteiger charge is -2.14. The minimum atomic E-state index is -0.309. The summed E-state index contributed by atoms with van der Waals surface area (Å²) in [6.45, 7) is 3.91. The Morgan fingerprint density at radius 2 is 1.52 bits per heavy atom. The Balaban J connectivity index is 1.59. The van der Waals surface area contributed by atoms with Crippen molar-refractivity contribution in [2.75, 3.05) is 5.32 Å². The number of hydrogen-bond donors (Lipinski definition) is 1. The van der Waals surface area contributed by atoms with E-state index in [0.29, 0.717) is 0 Å². The zero-order chi connectivity index (χ0) is 20.2. The molecule has 4 nitrogen and oxygen atoms in total. The molecule has 0 bridgehead atoms. The number of aromatic nitrogens is 2. The van der Waals surface area contributed by atoms with Crippen LogP contribution >= 0.6 is 11.8 Å². The highest BCUT2D eigenvalue weighted by Crippen LogP contribution is 2.33. The van der Waals surface area contributed by atoms with Crippen LogP contribution in [0.5, 0.6) is 0 Å². The van der Waals surface area contributed by atoms with Gasteiger partial charge >= 0.3 is 0 Å². The van der Waals surface area contributed by atoms with Gasteiger partial charge in [-0.05, 0) is 26.0 Å². The van der Waals surface area contributed by atoms with Crippen molar-refractivity contribution in [3.8, 4) is 11.3 Å². The van der Waals surface area contributed by atoms with Crippen molar-refractivity contribution in [2.45, 2.75) is 24.1 Å². The normalized spacial score (nSPS) is 11.9. The largest absolute Gasteiger partial charge is 0.325 e. The van der Waals surface area contributed by atoms with Gasteiger partial charge in [0.05, 0.1) is 5.25 Å². The molecule has 4 rings (SSSR count). The van der Waals surface area contributed by atoms with E-state index in [4.69, 9.17) is 0 Å². The predicted molar refractivity (Wildman–Crippen MR) is 120 cm³/mol. The van der Waals surface area contributed by atoms with Gasteiger partial charge in [-0.15, -0.1) is 10.2 Å². The van der Waals surface area contributed by atoms with E-state index >= 15 is 0 Å². The standard InChI is InChI=1S/C24H21N3OS/c1-16-12-14-19(15-13-16)25-23(28)17(2)29-24-21-11-7-6-10-20(21)22(26-27-24)18-8-4-3-5-9-18/h3-15,17H,1-2H3,(H,25,28)/t17-/m0/s1. The van der Waals surface area contributed by atoms with Crippen LogP contribution in [-0.4, -0.2) is 21.4 Å². The third kappa shape index (κ3) is 4.30. The highest BCUT2D eigenvalue weighted by molar-refractivity contribution is 8.00. The number of carbonyl (C=O) groups is 1. The molecular formula is C24H21N3OS. The van der Waals surface area contributed by atoms with Crippen LogP contribution in [0.25, 0.3) is 22.0 Å². The smallest absolute Gasteiger partial charge is 0.237 e. The lowest BCUT2D eigenvalue weighted by Crippen LogP contribution is -2.22. The van der Waals surface area contributed by atoms with E-state index < -0.39 is 0 Å². The highest BCUT2D eigenvalue weighted by Gasteiger charge is 2.18. The van der Waals surface area contributed by atoms with Crippen LogP contribution in [0.1, 0.15) is 12.5 Å². The molecule has 3 aromatic carbocycles. The molecule has 0 aliphatic carbocycles.